The maximum absolute atomic E-state index is 12.0. The lowest BCUT2D eigenvalue weighted by Gasteiger charge is -2.28. The maximum atomic E-state index is 12.0. The summed E-state index contributed by atoms with van der Waals surface area (Å²) in [6.45, 7) is 0.198. The van der Waals surface area contributed by atoms with Crippen LogP contribution in [0.5, 0.6) is 0 Å². The molecular formula is C16H24N2O3. The van der Waals surface area contributed by atoms with Crippen molar-refractivity contribution in [1.82, 2.24) is 10.6 Å². The van der Waals surface area contributed by atoms with Gasteiger partial charge >= 0.3 is 6.03 Å². The number of urea groups is 1. The van der Waals surface area contributed by atoms with Crippen LogP contribution in [-0.4, -0.2) is 23.7 Å². The van der Waals surface area contributed by atoms with E-state index >= 15 is 0 Å². The highest BCUT2D eigenvalue weighted by molar-refractivity contribution is 5.74. The van der Waals surface area contributed by atoms with Crippen LogP contribution in [0, 0.1) is 5.92 Å². The van der Waals surface area contributed by atoms with Gasteiger partial charge in [-0.3, -0.25) is 0 Å². The van der Waals surface area contributed by atoms with E-state index in [-0.39, 0.29) is 24.5 Å². The van der Waals surface area contributed by atoms with Crippen LogP contribution in [0.15, 0.2) is 22.8 Å². The van der Waals surface area contributed by atoms with Crippen molar-refractivity contribution in [3.8, 4) is 0 Å². The van der Waals surface area contributed by atoms with Crippen molar-refractivity contribution in [2.24, 2.45) is 5.92 Å². The molecule has 3 rings (SSSR count). The normalized spacial score (nSPS) is 22.5. The lowest BCUT2D eigenvalue weighted by atomic mass is 9.94. The van der Waals surface area contributed by atoms with E-state index in [9.17, 15) is 9.90 Å². The second-order valence-corrected chi connectivity index (χ2v) is 6.34. The first-order chi connectivity index (χ1) is 10.2. The van der Waals surface area contributed by atoms with Gasteiger partial charge in [-0.15, -0.1) is 0 Å². The van der Waals surface area contributed by atoms with E-state index < -0.39 is 5.60 Å². The van der Waals surface area contributed by atoms with E-state index in [0.29, 0.717) is 5.76 Å². The van der Waals surface area contributed by atoms with Crippen LogP contribution in [0.25, 0.3) is 0 Å². The summed E-state index contributed by atoms with van der Waals surface area (Å²) in [5.74, 6) is 0.724. The summed E-state index contributed by atoms with van der Waals surface area (Å²) >= 11 is 0. The van der Waals surface area contributed by atoms with Gasteiger partial charge in [0.25, 0.3) is 0 Å². The molecule has 3 N–H and O–H groups in total. The number of furan rings is 1. The average molecular weight is 292 g/mol. The fourth-order valence-electron chi connectivity index (χ4n) is 3.22. The second-order valence-electron chi connectivity index (χ2n) is 6.34. The Bertz CT molecular complexity index is 464. The van der Waals surface area contributed by atoms with Crippen molar-refractivity contribution in [3.63, 3.8) is 0 Å². The number of nitrogens with one attached hydrogen (secondary N) is 2. The molecule has 2 fully saturated rings. The van der Waals surface area contributed by atoms with Crippen LogP contribution >= 0.6 is 0 Å². The molecule has 1 heterocycles. The van der Waals surface area contributed by atoms with Gasteiger partial charge in [-0.1, -0.05) is 19.3 Å². The zero-order valence-corrected chi connectivity index (χ0v) is 12.3. The van der Waals surface area contributed by atoms with Crippen molar-refractivity contribution in [2.75, 3.05) is 6.54 Å². The van der Waals surface area contributed by atoms with Gasteiger partial charge in [0.1, 0.15) is 11.4 Å². The van der Waals surface area contributed by atoms with Crippen molar-refractivity contribution in [2.45, 2.75) is 56.6 Å². The number of carbonyl (C=O) groups is 1. The summed E-state index contributed by atoms with van der Waals surface area (Å²) in [5, 5.41) is 16.7. The predicted octanol–water partition coefficient (Wildman–Crippen LogP) is 2.51. The van der Waals surface area contributed by atoms with Gasteiger partial charge in [0.05, 0.1) is 12.8 Å². The summed E-state index contributed by atoms with van der Waals surface area (Å²) in [7, 11) is 0. The van der Waals surface area contributed by atoms with E-state index in [1.165, 1.54) is 19.3 Å². The Labute approximate surface area is 125 Å². The Balaban J connectivity index is 1.53. The van der Waals surface area contributed by atoms with Crippen LogP contribution < -0.4 is 10.6 Å². The van der Waals surface area contributed by atoms with Gasteiger partial charge in [0, 0.05) is 6.04 Å². The third-order valence-corrected chi connectivity index (χ3v) is 4.66. The molecule has 116 valence electrons. The zero-order valence-electron chi connectivity index (χ0n) is 12.3. The first kappa shape index (κ1) is 14.4. The lowest BCUT2D eigenvalue weighted by Crippen LogP contribution is -2.48. The fraction of sp³-hybridized carbons (Fsp3) is 0.688. The molecule has 0 aliphatic heterocycles. The Kier molecular flexibility index (Phi) is 4.19. The topological polar surface area (TPSA) is 74.5 Å². The summed E-state index contributed by atoms with van der Waals surface area (Å²) in [5.41, 5.74) is -1.08. The minimum absolute atomic E-state index is 0.179. The monoisotopic (exact) mass is 292 g/mol. The Morgan fingerprint density at radius 1 is 1.29 bits per heavy atom. The first-order valence-corrected chi connectivity index (χ1v) is 7.99. The Morgan fingerprint density at radius 3 is 2.67 bits per heavy atom. The van der Waals surface area contributed by atoms with Gasteiger partial charge in [-0.2, -0.15) is 0 Å². The van der Waals surface area contributed by atoms with E-state index in [4.69, 9.17) is 4.42 Å². The molecule has 0 unspecified atom stereocenters. The largest absolute Gasteiger partial charge is 0.466 e. The third-order valence-electron chi connectivity index (χ3n) is 4.66. The van der Waals surface area contributed by atoms with Crippen molar-refractivity contribution in [3.05, 3.63) is 24.2 Å². The van der Waals surface area contributed by atoms with Crippen LogP contribution in [0.1, 0.15) is 50.7 Å². The molecule has 2 aliphatic carbocycles. The third kappa shape index (κ3) is 3.40. The van der Waals surface area contributed by atoms with E-state index in [1.54, 1.807) is 18.4 Å². The van der Waals surface area contributed by atoms with Gasteiger partial charge < -0.3 is 20.2 Å². The second kappa shape index (κ2) is 6.10. The summed E-state index contributed by atoms with van der Waals surface area (Å²) < 4.78 is 5.36. The minimum Gasteiger partial charge on any atom is -0.466 e. The van der Waals surface area contributed by atoms with E-state index in [1.807, 2.05) is 0 Å². The Morgan fingerprint density at radius 2 is 2.05 bits per heavy atom. The minimum atomic E-state index is -1.08. The highest BCUT2D eigenvalue weighted by atomic mass is 16.4. The molecule has 0 aromatic carbocycles. The molecule has 0 bridgehead atoms. The molecule has 2 amide bonds. The molecule has 0 radical (unpaired) electrons. The van der Waals surface area contributed by atoms with Crippen LogP contribution in [0.4, 0.5) is 4.79 Å². The van der Waals surface area contributed by atoms with Crippen LogP contribution in [0.3, 0.4) is 0 Å². The fourth-order valence-corrected chi connectivity index (χ4v) is 3.22. The average Bonchev–Trinajstić information content (AvgIpc) is 3.21. The predicted molar refractivity (Wildman–Crippen MR) is 78.7 cm³/mol. The van der Waals surface area contributed by atoms with Crippen molar-refractivity contribution >= 4 is 6.03 Å². The van der Waals surface area contributed by atoms with Crippen molar-refractivity contribution < 1.29 is 14.3 Å². The standard InChI is InChI=1S/C16H24N2O3/c19-15(18-13-5-2-1-3-6-13)17-11-16(20,12-8-9-12)14-7-4-10-21-14/h4,7,10,12-13,20H,1-3,5-6,8-9,11H2,(H2,17,18,19)/t16-/m0/s1. The molecule has 1 aromatic heterocycles. The highest BCUT2D eigenvalue weighted by Gasteiger charge is 2.47. The van der Waals surface area contributed by atoms with Crippen LogP contribution in [0.2, 0.25) is 0 Å². The maximum Gasteiger partial charge on any atom is 0.315 e. The summed E-state index contributed by atoms with van der Waals surface area (Å²) in [6, 6.07) is 3.63. The molecule has 0 spiro atoms. The molecule has 5 heteroatoms. The van der Waals surface area contributed by atoms with Gasteiger partial charge in [-0.25, -0.2) is 4.79 Å². The van der Waals surface area contributed by atoms with E-state index in [0.717, 1.165) is 25.7 Å². The Hall–Kier alpha value is -1.49. The number of amides is 2. The first-order valence-electron chi connectivity index (χ1n) is 7.99. The number of carbonyl (C=O) groups excluding carboxylic acids is 1. The van der Waals surface area contributed by atoms with Gasteiger partial charge in [0.15, 0.2) is 0 Å². The quantitative estimate of drug-likeness (QED) is 0.780. The van der Waals surface area contributed by atoms with E-state index in [2.05, 4.69) is 10.6 Å². The van der Waals surface area contributed by atoms with Gasteiger partial charge in [0.2, 0.25) is 0 Å². The SMILES string of the molecule is O=C(NC[C@@](O)(c1ccco1)C1CC1)NC1CCCCC1. The van der Waals surface area contributed by atoms with Gasteiger partial charge in [-0.05, 0) is 43.7 Å². The molecule has 2 saturated carbocycles. The number of rotatable bonds is 5. The molecule has 21 heavy (non-hydrogen) atoms. The smallest absolute Gasteiger partial charge is 0.315 e. The number of aliphatic hydroxyl groups is 1. The summed E-state index contributed by atoms with van der Waals surface area (Å²) in [6.07, 6.45) is 9.25. The molecular weight excluding hydrogens is 268 g/mol. The highest BCUT2D eigenvalue weighted by Crippen LogP contribution is 2.45. The molecule has 1 aromatic rings. The molecule has 0 saturated heterocycles. The lowest BCUT2D eigenvalue weighted by molar-refractivity contribution is -0.00458. The zero-order chi connectivity index (χ0) is 14.7. The number of hydrogen-bond acceptors (Lipinski definition) is 3. The van der Waals surface area contributed by atoms with Crippen LogP contribution in [-0.2, 0) is 5.60 Å². The molecule has 2 aliphatic rings. The van der Waals surface area contributed by atoms with Crippen molar-refractivity contribution in [1.29, 1.82) is 0 Å². The number of hydrogen-bond donors (Lipinski definition) is 3. The summed E-state index contributed by atoms with van der Waals surface area (Å²) in [4.78, 5) is 12.0. The molecule has 1 atom stereocenters. The molecule has 5 nitrogen and oxygen atoms in total.